The van der Waals surface area contributed by atoms with Crippen LogP contribution < -0.4 is 4.74 Å². The summed E-state index contributed by atoms with van der Waals surface area (Å²) in [5, 5.41) is 2.11. The van der Waals surface area contributed by atoms with E-state index < -0.39 is 0 Å². The summed E-state index contributed by atoms with van der Waals surface area (Å²) in [6.07, 6.45) is 0. The molecule has 0 bridgehead atoms. The summed E-state index contributed by atoms with van der Waals surface area (Å²) < 4.78 is 6.51. The Morgan fingerprint density at radius 3 is 2.48 bits per heavy atom. The molecule has 21 heavy (non-hydrogen) atoms. The molecule has 0 atom stereocenters. The first kappa shape index (κ1) is 13.8. The average molecular weight is 341 g/mol. The molecule has 0 aliphatic carbocycles. The second-order valence-electron chi connectivity index (χ2n) is 4.67. The predicted octanol–water partition coefficient (Wildman–Crippen LogP) is 4.86. The topological polar surface area (TPSA) is 26.3 Å². The standard InChI is InChI=1S/C18H13BrO2/c19-16-10-4-3-9-15(16)17(20)12-21-18-11-5-7-13-6-1-2-8-14(13)18/h1-11H,12H2. The summed E-state index contributed by atoms with van der Waals surface area (Å²) in [7, 11) is 0. The maximum atomic E-state index is 12.2. The molecule has 3 aromatic rings. The van der Waals surface area contributed by atoms with Crippen LogP contribution in [0.2, 0.25) is 0 Å². The Morgan fingerprint density at radius 2 is 1.62 bits per heavy atom. The molecule has 2 nitrogen and oxygen atoms in total. The van der Waals surface area contributed by atoms with Crippen LogP contribution in [0.4, 0.5) is 0 Å². The fourth-order valence-corrected chi connectivity index (χ4v) is 2.74. The zero-order valence-electron chi connectivity index (χ0n) is 11.3. The number of fused-ring (bicyclic) bond motifs is 1. The Bertz CT molecular complexity index is 791. The molecule has 0 amide bonds. The molecule has 0 aromatic heterocycles. The largest absolute Gasteiger partial charge is 0.485 e. The Balaban J connectivity index is 1.81. The first-order chi connectivity index (χ1) is 10.3. The van der Waals surface area contributed by atoms with Gasteiger partial charge in [0.15, 0.2) is 6.61 Å². The number of carbonyl (C=O) groups is 1. The van der Waals surface area contributed by atoms with Crippen molar-refractivity contribution < 1.29 is 9.53 Å². The van der Waals surface area contributed by atoms with Crippen molar-refractivity contribution in [2.45, 2.75) is 0 Å². The molecule has 3 aromatic carbocycles. The second-order valence-corrected chi connectivity index (χ2v) is 5.52. The summed E-state index contributed by atoms with van der Waals surface area (Å²) >= 11 is 3.39. The minimum atomic E-state index is -0.0459. The quantitative estimate of drug-likeness (QED) is 0.633. The highest BCUT2D eigenvalue weighted by atomic mass is 79.9. The van der Waals surface area contributed by atoms with Crippen LogP contribution in [0, 0.1) is 0 Å². The fourth-order valence-electron chi connectivity index (χ4n) is 2.23. The molecule has 0 saturated heterocycles. The Hall–Kier alpha value is -2.13. The minimum Gasteiger partial charge on any atom is -0.485 e. The summed E-state index contributed by atoms with van der Waals surface area (Å²) in [6, 6.07) is 21.2. The maximum absolute atomic E-state index is 12.2. The van der Waals surface area contributed by atoms with Crippen molar-refractivity contribution in [2.75, 3.05) is 6.61 Å². The molecule has 0 aliphatic rings. The van der Waals surface area contributed by atoms with Crippen LogP contribution in [-0.4, -0.2) is 12.4 Å². The van der Waals surface area contributed by atoms with E-state index in [4.69, 9.17) is 4.74 Å². The number of hydrogen-bond donors (Lipinski definition) is 0. The van der Waals surface area contributed by atoms with E-state index in [1.165, 1.54) is 0 Å². The van der Waals surface area contributed by atoms with Crippen molar-refractivity contribution in [3.05, 3.63) is 76.8 Å². The second kappa shape index (κ2) is 6.10. The zero-order valence-corrected chi connectivity index (χ0v) is 12.8. The van der Waals surface area contributed by atoms with Crippen molar-refractivity contribution in [2.24, 2.45) is 0 Å². The van der Waals surface area contributed by atoms with Gasteiger partial charge in [-0.25, -0.2) is 0 Å². The summed E-state index contributed by atoms with van der Waals surface area (Å²) in [4.78, 5) is 12.2. The number of benzene rings is 3. The highest BCUT2D eigenvalue weighted by molar-refractivity contribution is 9.10. The average Bonchev–Trinajstić information content (AvgIpc) is 2.53. The molecule has 0 heterocycles. The molecule has 0 radical (unpaired) electrons. The molecule has 0 saturated carbocycles. The van der Waals surface area contributed by atoms with E-state index in [9.17, 15) is 4.79 Å². The van der Waals surface area contributed by atoms with Crippen LogP contribution in [0.25, 0.3) is 10.8 Å². The van der Waals surface area contributed by atoms with E-state index in [-0.39, 0.29) is 12.4 Å². The smallest absolute Gasteiger partial charge is 0.201 e. The molecule has 3 heteroatoms. The normalized spacial score (nSPS) is 10.5. The molecule has 0 unspecified atom stereocenters. The predicted molar refractivity (Wildman–Crippen MR) is 87.9 cm³/mol. The summed E-state index contributed by atoms with van der Waals surface area (Å²) in [5.74, 6) is 0.684. The number of carbonyl (C=O) groups excluding carboxylic acids is 1. The molecule has 0 N–H and O–H groups in total. The highest BCUT2D eigenvalue weighted by Crippen LogP contribution is 2.25. The van der Waals surface area contributed by atoms with Gasteiger partial charge in [-0.05, 0) is 17.5 Å². The molecule has 0 aliphatic heterocycles. The number of hydrogen-bond acceptors (Lipinski definition) is 2. The number of Topliss-reactive ketones (excluding diaryl/α,β-unsaturated/α-hetero) is 1. The fraction of sp³-hybridized carbons (Fsp3) is 0.0556. The third kappa shape index (κ3) is 2.98. The molecular formula is C18H13BrO2. The van der Waals surface area contributed by atoms with E-state index in [0.29, 0.717) is 5.56 Å². The summed E-state index contributed by atoms with van der Waals surface area (Å²) in [6.45, 7) is 0.0244. The van der Waals surface area contributed by atoms with Crippen LogP contribution >= 0.6 is 15.9 Å². The lowest BCUT2D eigenvalue weighted by Gasteiger charge is -2.09. The van der Waals surface area contributed by atoms with E-state index in [2.05, 4.69) is 15.9 Å². The zero-order chi connectivity index (χ0) is 14.7. The summed E-state index contributed by atoms with van der Waals surface area (Å²) in [5.41, 5.74) is 0.637. The van der Waals surface area contributed by atoms with E-state index in [1.54, 1.807) is 6.07 Å². The monoisotopic (exact) mass is 340 g/mol. The van der Waals surface area contributed by atoms with Gasteiger partial charge in [0.2, 0.25) is 5.78 Å². The van der Waals surface area contributed by atoms with Gasteiger partial charge in [0, 0.05) is 15.4 Å². The van der Waals surface area contributed by atoms with Gasteiger partial charge < -0.3 is 4.74 Å². The molecule has 0 spiro atoms. The van der Waals surface area contributed by atoms with Gasteiger partial charge in [0.25, 0.3) is 0 Å². The SMILES string of the molecule is O=C(COc1cccc2ccccc12)c1ccccc1Br. The Kier molecular flexibility index (Phi) is 4.02. The number of rotatable bonds is 4. The van der Waals surface area contributed by atoms with Gasteiger partial charge >= 0.3 is 0 Å². The first-order valence-corrected chi connectivity index (χ1v) is 7.43. The van der Waals surface area contributed by atoms with Gasteiger partial charge in [-0.2, -0.15) is 0 Å². The van der Waals surface area contributed by atoms with Crippen molar-refractivity contribution in [3.8, 4) is 5.75 Å². The van der Waals surface area contributed by atoms with Crippen molar-refractivity contribution in [3.63, 3.8) is 0 Å². The lowest BCUT2D eigenvalue weighted by Crippen LogP contribution is -2.12. The maximum Gasteiger partial charge on any atom is 0.201 e. The third-order valence-corrected chi connectivity index (χ3v) is 3.97. The van der Waals surface area contributed by atoms with Crippen molar-refractivity contribution in [1.82, 2.24) is 0 Å². The first-order valence-electron chi connectivity index (χ1n) is 6.64. The van der Waals surface area contributed by atoms with Crippen LogP contribution in [0.3, 0.4) is 0 Å². The van der Waals surface area contributed by atoms with E-state index in [1.807, 2.05) is 60.7 Å². The molecular weight excluding hydrogens is 328 g/mol. The molecule has 104 valence electrons. The number of ketones is 1. The highest BCUT2D eigenvalue weighted by Gasteiger charge is 2.11. The van der Waals surface area contributed by atoms with Gasteiger partial charge in [-0.15, -0.1) is 0 Å². The molecule has 0 fully saturated rings. The lowest BCUT2D eigenvalue weighted by atomic mass is 10.1. The van der Waals surface area contributed by atoms with Crippen LogP contribution in [-0.2, 0) is 0 Å². The van der Waals surface area contributed by atoms with Crippen LogP contribution in [0.1, 0.15) is 10.4 Å². The van der Waals surface area contributed by atoms with Crippen molar-refractivity contribution in [1.29, 1.82) is 0 Å². The van der Waals surface area contributed by atoms with Gasteiger partial charge in [-0.1, -0.05) is 70.5 Å². The van der Waals surface area contributed by atoms with Crippen LogP contribution in [0.15, 0.2) is 71.2 Å². The Morgan fingerprint density at radius 1 is 0.905 bits per heavy atom. The number of ether oxygens (including phenoxy) is 1. The van der Waals surface area contributed by atoms with Gasteiger partial charge in [-0.3, -0.25) is 4.79 Å². The minimum absolute atomic E-state index is 0.0244. The van der Waals surface area contributed by atoms with E-state index >= 15 is 0 Å². The Labute approximate surface area is 131 Å². The lowest BCUT2D eigenvalue weighted by molar-refractivity contribution is 0.0922. The van der Waals surface area contributed by atoms with Crippen molar-refractivity contribution >= 4 is 32.5 Å². The number of halogens is 1. The van der Waals surface area contributed by atoms with E-state index in [0.717, 1.165) is 21.0 Å². The van der Waals surface area contributed by atoms with Gasteiger partial charge in [0.1, 0.15) is 5.75 Å². The molecule has 3 rings (SSSR count). The van der Waals surface area contributed by atoms with Gasteiger partial charge in [0.05, 0.1) is 0 Å². The van der Waals surface area contributed by atoms with Crippen LogP contribution in [0.5, 0.6) is 5.75 Å². The third-order valence-electron chi connectivity index (χ3n) is 3.28.